The average molecular weight is 155 g/mol. The predicted octanol–water partition coefficient (Wildman–Crippen LogP) is 2.30. The van der Waals surface area contributed by atoms with Crippen molar-refractivity contribution in [1.29, 1.82) is 0 Å². The van der Waals surface area contributed by atoms with E-state index < -0.39 is 5.97 Å². The smallest absolute Gasteiger partial charge is 0.247 e. The molecule has 0 amide bonds. The molecule has 2 nitrogen and oxygen atoms in total. The SMILES string of the molecule is [O]C(=O)CC1CCCCCC1. The first kappa shape index (κ1) is 8.57. The quantitative estimate of drug-likeness (QED) is 0.564. The summed E-state index contributed by atoms with van der Waals surface area (Å²) in [6, 6.07) is 0. The van der Waals surface area contributed by atoms with Crippen molar-refractivity contribution >= 4 is 5.97 Å². The van der Waals surface area contributed by atoms with Gasteiger partial charge < -0.3 is 0 Å². The van der Waals surface area contributed by atoms with Gasteiger partial charge in [-0.25, -0.2) is 9.90 Å². The zero-order valence-corrected chi connectivity index (χ0v) is 6.84. The summed E-state index contributed by atoms with van der Waals surface area (Å²) < 4.78 is 0. The molecule has 0 unspecified atom stereocenters. The first-order valence-corrected chi connectivity index (χ1v) is 4.49. The summed E-state index contributed by atoms with van der Waals surface area (Å²) in [6.07, 6.45) is 7.44. The molecule has 1 saturated carbocycles. The third-order valence-corrected chi connectivity index (χ3v) is 2.43. The van der Waals surface area contributed by atoms with Gasteiger partial charge in [0.1, 0.15) is 0 Å². The molecule has 0 N–H and O–H groups in total. The second-order valence-electron chi connectivity index (χ2n) is 3.43. The average Bonchev–Trinajstić information content (AvgIpc) is 2.14. The van der Waals surface area contributed by atoms with Gasteiger partial charge in [-0.2, -0.15) is 0 Å². The molecule has 0 atom stereocenters. The molecule has 1 aliphatic rings. The maximum absolute atomic E-state index is 10.3. The van der Waals surface area contributed by atoms with E-state index in [2.05, 4.69) is 0 Å². The lowest BCUT2D eigenvalue weighted by atomic mass is 9.97. The van der Waals surface area contributed by atoms with Gasteiger partial charge in [0.2, 0.25) is 0 Å². The molecular formula is C9H15O2. The van der Waals surface area contributed by atoms with E-state index in [1.54, 1.807) is 0 Å². The normalized spacial score (nSPS) is 21.1. The van der Waals surface area contributed by atoms with Crippen molar-refractivity contribution in [3.05, 3.63) is 0 Å². The molecule has 0 aliphatic heterocycles. The highest BCUT2D eigenvalue weighted by Crippen LogP contribution is 2.25. The van der Waals surface area contributed by atoms with Crippen molar-refractivity contribution < 1.29 is 9.90 Å². The minimum atomic E-state index is -0.878. The van der Waals surface area contributed by atoms with Crippen molar-refractivity contribution in [2.45, 2.75) is 44.9 Å². The Hall–Kier alpha value is -0.530. The van der Waals surface area contributed by atoms with E-state index in [9.17, 15) is 9.90 Å². The minimum Gasteiger partial charge on any atom is -0.247 e. The summed E-state index contributed by atoms with van der Waals surface area (Å²) in [7, 11) is 0. The highest BCUT2D eigenvalue weighted by Gasteiger charge is 2.15. The fraction of sp³-hybridized carbons (Fsp3) is 0.889. The Morgan fingerprint density at radius 1 is 1.09 bits per heavy atom. The maximum atomic E-state index is 10.3. The van der Waals surface area contributed by atoms with Crippen LogP contribution in [0, 0.1) is 5.92 Å². The molecule has 0 bridgehead atoms. The van der Waals surface area contributed by atoms with Crippen LogP contribution in [0.25, 0.3) is 0 Å². The van der Waals surface area contributed by atoms with E-state index in [4.69, 9.17) is 0 Å². The van der Waals surface area contributed by atoms with Gasteiger partial charge in [0.15, 0.2) is 0 Å². The summed E-state index contributed by atoms with van der Waals surface area (Å²) in [6.45, 7) is 0. The third kappa shape index (κ3) is 3.40. The number of hydrogen-bond acceptors (Lipinski definition) is 1. The third-order valence-electron chi connectivity index (χ3n) is 2.43. The summed E-state index contributed by atoms with van der Waals surface area (Å²) in [5.41, 5.74) is 0. The molecule has 2 heteroatoms. The lowest BCUT2D eigenvalue weighted by molar-refractivity contribution is -0.144. The maximum Gasteiger partial charge on any atom is 0.355 e. The molecule has 0 saturated heterocycles. The molecule has 0 aromatic carbocycles. The molecule has 1 rings (SSSR count). The zero-order chi connectivity index (χ0) is 8.10. The van der Waals surface area contributed by atoms with Gasteiger partial charge in [0.05, 0.1) is 6.42 Å². The van der Waals surface area contributed by atoms with Crippen LogP contribution in [0.15, 0.2) is 0 Å². The van der Waals surface area contributed by atoms with E-state index in [1.807, 2.05) is 0 Å². The van der Waals surface area contributed by atoms with E-state index in [1.165, 1.54) is 25.7 Å². The molecule has 63 valence electrons. The van der Waals surface area contributed by atoms with Gasteiger partial charge in [-0.1, -0.05) is 25.7 Å². The van der Waals surface area contributed by atoms with Gasteiger partial charge in [-0.15, -0.1) is 0 Å². The molecule has 0 aromatic rings. The van der Waals surface area contributed by atoms with Crippen LogP contribution in [0.5, 0.6) is 0 Å². The van der Waals surface area contributed by atoms with E-state index in [-0.39, 0.29) is 6.42 Å². The highest BCUT2D eigenvalue weighted by atomic mass is 16.4. The highest BCUT2D eigenvalue weighted by molar-refractivity contribution is 5.66. The van der Waals surface area contributed by atoms with Crippen LogP contribution in [0.2, 0.25) is 0 Å². The zero-order valence-electron chi connectivity index (χ0n) is 6.84. The van der Waals surface area contributed by atoms with Gasteiger partial charge in [-0.3, -0.25) is 0 Å². The fourth-order valence-corrected chi connectivity index (χ4v) is 1.80. The number of carbonyl (C=O) groups is 1. The second-order valence-corrected chi connectivity index (χ2v) is 3.43. The fourth-order valence-electron chi connectivity index (χ4n) is 1.80. The molecule has 1 fully saturated rings. The predicted molar refractivity (Wildman–Crippen MR) is 41.5 cm³/mol. The molecule has 1 radical (unpaired) electrons. The van der Waals surface area contributed by atoms with Crippen LogP contribution in [-0.4, -0.2) is 5.97 Å². The summed E-state index contributed by atoms with van der Waals surface area (Å²) in [4.78, 5) is 10.3. The van der Waals surface area contributed by atoms with Gasteiger partial charge in [0, 0.05) is 0 Å². The van der Waals surface area contributed by atoms with Crippen LogP contribution in [0.4, 0.5) is 0 Å². The Morgan fingerprint density at radius 2 is 1.64 bits per heavy atom. The molecule has 11 heavy (non-hydrogen) atoms. The lowest BCUT2D eigenvalue weighted by Gasteiger charge is -2.08. The Bertz CT molecular complexity index is 124. The monoisotopic (exact) mass is 155 g/mol. The largest absolute Gasteiger partial charge is 0.355 e. The lowest BCUT2D eigenvalue weighted by Crippen LogP contribution is -2.05. The Labute approximate surface area is 67.6 Å². The standard InChI is InChI=1S/C9H15O2/c10-9(11)7-8-5-3-1-2-4-6-8/h8H,1-7H2. The van der Waals surface area contributed by atoms with Crippen LogP contribution in [0.1, 0.15) is 44.9 Å². The summed E-state index contributed by atoms with van der Waals surface area (Å²) in [5, 5.41) is 10.3. The van der Waals surface area contributed by atoms with Crippen molar-refractivity contribution in [2.24, 2.45) is 5.92 Å². The van der Waals surface area contributed by atoms with Gasteiger partial charge >= 0.3 is 5.97 Å². The van der Waals surface area contributed by atoms with Crippen LogP contribution >= 0.6 is 0 Å². The molecule has 1 aliphatic carbocycles. The van der Waals surface area contributed by atoms with Crippen molar-refractivity contribution in [3.63, 3.8) is 0 Å². The first-order valence-electron chi connectivity index (χ1n) is 4.49. The van der Waals surface area contributed by atoms with Gasteiger partial charge in [-0.05, 0) is 18.8 Å². The minimum absolute atomic E-state index is 0.278. The Balaban J connectivity index is 2.25. The molecule has 0 heterocycles. The molecule has 0 aromatic heterocycles. The molecule has 0 spiro atoms. The number of hydrogen-bond donors (Lipinski definition) is 0. The van der Waals surface area contributed by atoms with E-state index >= 15 is 0 Å². The summed E-state index contributed by atoms with van der Waals surface area (Å²) in [5.74, 6) is -0.473. The second kappa shape index (κ2) is 4.37. The number of carbonyl (C=O) groups excluding carboxylic acids is 1. The topological polar surface area (TPSA) is 37.0 Å². The van der Waals surface area contributed by atoms with Gasteiger partial charge in [0.25, 0.3) is 0 Å². The first-order chi connectivity index (χ1) is 5.29. The van der Waals surface area contributed by atoms with Crippen LogP contribution in [0.3, 0.4) is 0 Å². The van der Waals surface area contributed by atoms with Crippen molar-refractivity contribution in [1.82, 2.24) is 0 Å². The van der Waals surface area contributed by atoms with E-state index in [0.29, 0.717) is 5.92 Å². The van der Waals surface area contributed by atoms with Crippen LogP contribution < -0.4 is 0 Å². The Morgan fingerprint density at radius 3 is 2.09 bits per heavy atom. The van der Waals surface area contributed by atoms with E-state index in [0.717, 1.165) is 12.8 Å². The van der Waals surface area contributed by atoms with Crippen molar-refractivity contribution in [2.75, 3.05) is 0 Å². The summed E-state index contributed by atoms with van der Waals surface area (Å²) >= 11 is 0. The van der Waals surface area contributed by atoms with Crippen LogP contribution in [-0.2, 0) is 9.90 Å². The Kier molecular flexibility index (Phi) is 3.40. The molecular weight excluding hydrogens is 140 g/mol. The number of rotatable bonds is 2. The van der Waals surface area contributed by atoms with Crippen molar-refractivity contribution in [3.8, 4) is 0 Å².